The summed E-state index contributed by atoms with van der Waals surface area (Å²) in [5.41, 5.74) is 0.499. The van der Waals surface area contributed by atoms with Crippen LogP contribution in [-0.2, 0) is 11.2 Å². The first-order valence-corrected chi connectivity index (χ1v) is 8.34. The van der Waals surface area contributed by atoms with Crippen LogP contribution in [0.15, 0.2) is 51.7 Å². The molecule has 1 heterocycles. The number of carbonyl (C=O) groups excluding carboxylic acids is 1. The first-order valence-electron chi connectivity index (χ1n) is 8.34. The van der Waals surface area contributed by atoms with Crippen LogP contribution in [0.1, 0.15) is 22.8 Å². The number of hydrogen-bond donors (Lipinski definition) is 4. The second kappa shape index (κ2) is 7.51. The van der Waals surface area contributed by atoms with Crippen molar-refractivity contribution in [2.24, 2.45) is 0 Å². The second-order valence-electron chi connectivity index (χ2n) is 6.24. The molecule has 0 spiro atoms. The quantitative estimate of drug-likeness (QED) is 0.510. The van der Waals surface area contributed by atoms with Crippen LogP contribution < -0.4 is 10.9 Å². The van der Waals surface area contributed by atoms with Crippen molar-refractivity contribution in [3.63, 3.8) is 0 Å². The van der Waals surface area contributed by atoms with Gasteiger partial charge in [0.1, 0.15) is 17.1 Å². The number of benzene rings is 2. The third-order valence-electron chi connectivity index (χ3n) is 4.36. The average Bonchev–Trinajstić information content (AvgIpc) is 2.63. The van der Waals surface area contributed by atoms with Gasteiger partial charge in [0, 0.05) is 18.7 Å². The lowest BCUT2D eigenvalue weighted by molar-refractivity contribution is -0.120. The van der Waals surface area contributed by atoms with Gasteiger partial charge in [0.25, 0.3) is 0 Å². The number of fused-ring (bicyclic) bond motifs is 1. The largest absolute Gasteiger partial charge is 0.508 e. The number of aliphatic hydroxyl groups excluding tert-OH is 1. The molecule has 1 atom stereocenters. The molecule has 0 saturated carbocycles. The molecule has 3 aromatic rings. The highest BCUT2D eigenvalue weighted by molar-refractivity contribution is 5.89. The summed E-state index contributed by atoms with van der Waals surface area (Å²) >= 11 is 0. The lowest BCUT2D eigenvalue weighted by Crippen LogP contribution is -2.31. The van der Waals surface area contributed by atoms with E-state index >= 15 is 0 Å². The van der Waals surface area contributed by atoms with E-state index in [1.54, 1.807) is 31.2 Å². The molecule has 4 N–H and O–H groups in total. The Morgan fingerprint density at radius 2 is 1.89 bits per heavy atom. The molecule has 140 valence electrons. The van der Waals surface area contributed by atoms with Crippen molar-refractivity contribution < 1.29 is 24.5 Å². The predicted octanol–water partition coefficient (Wildman–Crippen LogP) is 1.90. The Balaban J connectivity index is 1.78. The van der Waals surface area contributed by atoms with E-state index in [0.29, 0.717) is 11.1 Å². The summed E-state index contributed by atoms with van der Waals surface area (Å²) in [5.74, 6) is -0.937. The standard InChI is InChI=1S/C20H19NO6/c1-11-14(20(26)27-17-8-13(22)7-15(23)19(11)17)9-18(25)21-10-16(24)12-5-3-2-4-6-12/h2-8,16,22-24H,9-10H2,1H3,(H,21,25)/t16-/m0/s1. The molecular formula is C20H19NO6. The van der Waals surface area contributed by atoms with Gasteiger partial charge in [-0.25, -0.2) is 4.79 Å². The van der Waals surface area contributed by atoms with Crippen LogP contribution in [0.25, 0.3) is 11.0 Å². The first-order chi connectivity index (χ1) is 12.9. The number of carbonyl (C=O) groups is 1. The van der Waals surface area contributed by atoms with Crippen LogP contribution in [-0.4, -0.2) is 27.8 Å². The van der Waals surface area contributed by atoms with E-state index in [4.69, 9.17) is 4.42 Å². The lowest BCUT2D eigenvalue weighted by atomic mass is 10.0. The summed E-state index contributed by atoms with van der Waals surface area (Å²) in [6.45, 7) is 1.59. The molecular weight excluding hydrogens is 350 g/mol. The van der Waals surface area contributed by atoms with Gasteiger partial charge in [-0.3, -0.25) is 4.79 Å². The van der Waals surface area contributed by atoms with E-state index < -0.39 is 17.6 Å². The number of rotatable bonds is 5. The number of amides is 1. The maximum atomic E-state index is 12.2. The number of hydrogen-bond acceptors (Lipinski definition) is 6. The molecule has 7 nitrogen and oxygen atoms in total. The van der Waals surface area contributed by atoms with Crippen molar-refractivity contribution in [2.45, 2.75) is 19.4 Å². The van der Waals surface area contributed by atoms with Gasteiger partial charge in [-0.1, -0.05) is 30.3 Å². The minimum atomic E-state index is -0.865. The second-order valence-corrected chi connectivity index (χ2v) is 6.24. The van der Waals surface area contributed by atoms with Crippen LogP contribution in [0.4, 0.5) is 0 Å². The molecule has 7 heteroatoms. The number of phenols is 2. The van der Waals surface area contributed by atoms with Gasteiger partial charge in [-0.05, 0) is 18.1 Å². The van der Waals surface area contributed by atoms with Crippen molar-refractivity contribution in [2.75, 3.05) is 6.54 Å². The zero-order valence-electron chi connectivity index (χ0n) is 14.6. The van der Waals surface area contributed by atoms with Crippen LogP contribution in [0, 0.1) is 6.92 Å². The molecule has 0 aliphatic rings. The maximum Gasteiger partial charge on any atom is 0.340 e. The Bertz CT molecular complexity index is 1040. The van der Waals surface area contributed by atoms with Gasteiger partial charge in [0.05, 0.1) is 23.5 Å². The number of aromatic hydroxyl groups is 2. The van der Waals surface area contributed by atoms with Crippen molar-refractivity contribution in [1.82, 2.24) is 5.32 Å². The van der Waals surface area contributed by atoms with Gasteiger partial charge in [0.15, 0.2) is 0 Å². The normalized spacial score (nSPS) is 12.1. The molecule has 2 aromatic carbocycles. The van der Waals surface area contributed by atoms with E-state index in [2.05, 4.69) is 5.32 Å². The number of aliphatic hydroxyl groups is 1. The fourth-order valence-corrected chi connectivity index (χ4v) is 2.94. The summed E-state index contributed by atoms with van der Waals surface area (Å²) in [5, 5.41) is 32.5. The smallest absolute Gasteiger partial charge is 0.340 e. The van der Waals surface area contributed by atoms with Crippen LogP contribution in [0.3, 0.4) is 0 Å². The Morgan fingerprint density at radius 1 is 1.19 bits per heavy atom. The van der Waals surface area contributed by atoms with Gasteiger partial charge < -0.3 is 25.1 Å². The van der Waals surface area contributed by atoms with E-state index in [1.807, 2.05) is 6.07 Å². The average molecular weight is 369 g/mol. The molecule has 0 aliphatic carbocycles. The topological polar surface area (TPSA) is 120 Å². The fourth-order valence-electron chi connectivity index (χ4n) is 2.94. The molecule has 1 aromatic heterocycles. The van der Waals surface area contributed by atoms with E-state index in [1.165, 1.54) is 6.07 Å². The lowest BCUT2D eigenvalue weighted by Gasteiger charge is -2.13. The van der Waals surface area contributed by atoms with Gasteiger partial charge >= 0.3 is 5.63 Å². The maximum absolute atomic E-state index is 12.2. The first kappa shape index (κ1) is 18.5. The number of aryl methyl sites for hydroxylation is 1. The zero-order valence-corrected chi connectivity index (χ0v) is 14.6. The zero-order chi connectivity index (χ0) is 19.6. The van der Waals surface area contributed by atoms with E-state index in [0.717, 1.165) is 6.07 Å². The molecule has 0 unspecified atom stereocenters. The van der Waals surface area contributed by atoms with Gasteiger partial charge in [-0.2, -0.15) is 0 Å². The fraction of sp³-hybridized carbons (Fsp3) is 0.200. The summed E-state index contributed by atoms with van der Waals surface area (Å²) < 4.78 is 5.13. The van der Waals surface area contributed by atoms with Crippen LogP contribution in [0.5, 0.6) is 11.5 Å². The highest BCUT2D eigenvalue weighted by atomic mass is 16.4. The van der Waals surface area contributed by atoms with E-state index in [-0.39, 0.29) is 41.0 Å². The molecule has 1 amide bonds. The summed E-state index contributed by atoms with van der Waals surface area (Å²) in [7, 11) is 0. The van der Waals surface area contributed by atoms with Gasteiger partial charge in [-0.15, -0.1) is 0 Å². The van der Waals surface area contributed by atoms with Crippen molar-refractivity contribution in [3.05, 3.63) is 69.6 Å². The Labute approximate surface area is 154 Å². The SMILES string of the molecule is Cc1c(CC(=O)NC[C@H](O)c2ccccc2)c(=O)oc2cc(O)cc(O)c12. The Hall–Kier alpha value is -3.32. The molecule has 27 heavy (non-hydrogen) atoms. The van der Waals surface area contributed by atoms with E-state index in [9.17, 15) is 24.9 Å². The highest BCUT2D eigenvalue weighted by Crippen LogP contribution is 2.32. The summed E-state index contributed by atoms with van der Waals surface area (Å²) in [4.78, 5) is 24.4. The monoisotopic (exact) mass is 369 g/mol. The van der Waals surface area contributed by atoms with Crippen molar-refractivity contribution in [3.8, 4) is 11.5 Å². The number of nitrogens with one attached hydrogen (secondary N) is 1. The minimum Gasteiger partial charge on any atom is -0.508 e. The van der Waals surface area contributed by atoms with Crippen molar-refractivity contribution in [1.29, 1.82) is 0 Å². The van der Waals surface area contributed by atoms with Crippen molar-refractivity contribution >= 4 is 16.9 Å². The molecule has 0 radical (unpaired) electrons. The highest BCUT2D eigenvalue weighted by Gasteiger charge is 2.18. The number of phenolic OH excluding ortho intramolecular Hbond substituents is 2. The molecule has 0 bridgehead atoms. The summed E-state index contributed by atoms with van der Waals surface area (Å²) in [6, 6.07) is 11.3. The minimum absolute atomic E-state index is 0.0000682. The molecule has 0 aliphatic heterocycles. The van der Waals surface area contributed by atoms with Gasteiger partial charge in [0.2, 0.25) is 5.91 Å². The Morgan fingerprint density at radius 3 is 2.59 bits per heavy atom. The molecule has 0 saturated heterocycles. The Kier molecular flexibility index (Phi) is 5.14. The van der Waals surface area contributed by atoms with Crippen LogP contribution >= 0.6 is 0 Å². The predicted molar refractivity (Wildman–Crippen MR) is 98.7 cm³/mol. The summed E-state index contributed by atoms with van der Waals surface area (Å²) in [6.07, 6.45) is -1.12. The third kappa shape index (κ3) is 3.93. The molecule has 0 fully saturated rings. The third-order valence-corrected chi connectivity index (χ3v) is 4.36. The molecule has 3 rings (SSSR count). The van der Waals surface area contributed by atoms with Crippen LogP contribution in [0.2, 0.25) is 0 Å².